The van der Waals surface area contributed by atoms with Gasteiger partial charge in [0, 0.05) is 56.6 Å². The number of piperazine rings is 1. The normalized spacial score (nSPS) is 17.0. The lowest BCUT2D eigenvalue weighted by molar-refractivity contribution is -0.117. The second kappa shape index (κ2) is 8.46. The summed E-state index contributed by atoms with van der Waals surface area (Å²) in [5.41, 5.74) is 4.98. The fraction of sp³-hybridized carbons (Fsp3) is 0.458. The minimum absolute atomic E-state index is 0.0671. The molecule has 0 aliphatic carbocycles. The van der Waals surface area contributed by atoms with Crippen molar-refractivity contribution in [1.29, 1.82) is 0 Å². The molecule has 2 saturated heterocycles. The molecule has 0 N–H and O–H groups in total. The van der Waals surface area contributed by atoms with Gasteiger partial charge in [-0.05, 0) is 61.6 Å². The number of hydrogen-bond acceptors (Lipinski definition) is 4. The first-order chi connectivity index (χ1) is 14.5. The van der Waals surface area contributed by atoms with Gasteiger partial charge in [0.25, 0.3) is 5.91 Å². The number of pyridine rings is 1. The Morgan fingerprint density at radius 3 is 2.40 bits per heavy atom. The number of hydrogen-bond donors (Lipinski definition) is 0. The SMILES string of the molecule is CCc1cnc(N2CCN(C(=O)c3ccc(N4CCCC4=O)cc3C)CC2)c(C)c1. The Bertz CT molecular complexity index is 964. The van der Waals surface area contributed by atoms with E-state index in [-0.39, 0.29) is 11.8 Å². The number of amides is 2. The molecule has 2 aromatic rings. The largest absolute Gasteiger partial charge is 0.353 e. The van der Waals surface area contributed by atoms with Crippen molar-refractivity contribution in [3.05, 3.63) is 52.7 Å². The fourth-order valence-corrected chi connectivity index (χ4v) is 4.42. The predicted molar refractivity (Wildman–Crippen MR) is 119 cm³/mol. The molecule has 3 heterocycles. The van der Waals surface area contributed by atoms with Crippen LogP contribution in [0.1, 0.15) is 46.8 Å². The number of carbonyl (C=O) groups excluding carboxylic acids is 2. The lowest BCUT2D eigenvalue weighted by Crippen LogP contribution is -2.49. The minimum atomic E-state index is 0.0671. The van der Waals surface area contributed by atoms with Crippen LogP contribution < -0.4 is 9.80 Å². The maximum atomic E-state index is 13.1. The molecule has 2 aliphatic heterocycles. The van der Waals surface area contributed by atoms with Crippen molar-refractivity contribution in [3.63, 3.8) is 0 Å². The van der Waals surface area contributed by atoms with E-state index in [1.54, 1.807) is 0 Å². The van der Waals surface area contributed by atoms with Gasteiger partial charge in [-0.25, -0.2) is 4.98 Å². The lowest BCUT2D eigenvalue weighted by atomic mass is 10.1. The van der Waals surface area contributed by atoms with E-state index >= 15 is 0 Å². The first-order valence-corrected chi connectivity index (χ1v) is 10.9. The second-order valence-corrected chi connectivity index (χ2v) is 8.27. The topological polar surface area (TPSA) is 56.8 Å². The summed E-state index contributed by atoms with van der Waals surface area (Å²) in [4.78, 5) is 35.8. The van der Waals surface area contributed by atoms with Crippen molar-refractivity contribution in [2.45, 2.75) is 40.0 Å². The number of benzene rings is 1. The molecule has 0 bridgehead atoms. The summed E-state index contributed by atoms with van der Waals surface area (Å²) in [6.07, 6.45) is 4.45. The van der Waals surface area contributed by atoms with Crippen LogP contribution in [0.2, 0.25) is 0 Å². The van der Waals surface area contributed by atoms with Gasteiger partial charge >= 0.3 is 0 Å². The van der Waals surface area contributed by atoms with Gasteiger partial charge in [-0.2, -0.15) is 0 Å². The summed E-state index contributed by atoms with van der Waals surface area (Å²) in [5, 5.41) is 0. The Kier molecular flexibility index (Phi) is 5.75. The van der Waals surface area contributed by atoms with Crippen LogP contribution in [0.3, 0.4) is 0 Å². The standard InChI is InChI=1S/C24H30N4O2/c1-4-19-14-18(3)23(25-16-19)26-10-12-27(13-11-26)24(30)21-8-7-20(15-17(21)2)28-9-5-6-22(28)29/h7-8,14-16H,4-6,9-13H2,1-3H3. The third kappa shape index (κ3) is 3.91. The Balaban J connectivity index is 1.42. The molecule has 2 aliphatic rings. The van der Waals surface area contributed by atoms with Crippen LogP contribution in [0, 0.1) is 13.8 Å². The quantitative estimate of drug-likeness (QED) is 0.781. The number of carbonyl (C=O) groups is 2. The summed E-state index contributed by atoms with van der Waals surface area (Å²) in [5.74, 6) is 1.26. The highest BCUT2D eigenvalue weighted by atomic mass is 16.2. The van der Waals surface area contributed by atoms with E-state index in [1.807, 2.05) is 41.1 Å². The van der Waals surface area contributed by atoms with E-state index in [0.717, 1.165) is 55.1 Å². The monoisotopic (exact) mass is 406 g/mol. The van der Waals surface area contributed by atoms with Crippen molar-refractivity contribution in [1.82, 2.24) is 9.88 Å². The van der Waals surface area contributed by atoms with E-state index in [2.05, 4.69) is 29.8 Å². The van der Waals surface area contributed by atoms with Gasteiger partial charge < -0.3 is 14.7 Å². The average molecular weight is 407 g/mol. The van der Waals surface area contributed by atoms with Gasteiger partial charge in [0.1, 0.15) is 5.82 Å². The summed E-state index contributed by atoms with van der Waals surface area (Å²) < 4.78 is 0. The molecule has 2 fully saturated rings. The van der Waals surface area contributed by atoms with Crippen molar-refractivity contribution in [2.75, 3.05) is 42.5 Å². The van der Waals surface area contributed by atoms with Crippen molar-refractivity contribution < 1.29 is 9.59 Å². The van der Waals surface area contributed by atoms with Crippen LogP contribution in [-0.4, -0.2) is 54.4 Å². The van der Waals surface area contributed by atoms with Crippen molar-refractivity contribution in [3.8, 4) is 0 Å². The molecule has 2 amide bonds. The maximum absolute atomic E-state index is 13.1. The van der Waals surface area contributed by atoms with Crippen LogP contribution in [-0.2, 0) is 11.2 Å². The van der Waals surface area contributed by atoms with Gasteiger partial charge in [-0.1, -0.05) is 13.0 Å². The molecular weight excluding hydrogens is 376 g/mol. The average Bonchev–Trinajstić information content (AvgIpc) is 3.19. The molecule has 0 spiro atoms. The molecule has 6 heteroatoms. The molecule has 0 unspecified atom stereocenters. The van der Waals surface area contributed by atoms with Gasteiger partial charge in [-0.3, -0.25) is 9.59 Å². The zero-order valence-electron chi connectivity index (χ0n) is 18.1. The lowest BCUT2D eigenvalue weighted by Gasteiger charge is -2.36. The fourth-order valence-electron chi connectivity index (χ4n) is 4.42. The molecule has 0 saturated carbocycles. The molecule has 158 valence electrons. The smallest absolute Gasteiger partial charge is 0.254 e. The predicted octanol–water partition coefficient (Wildman–Crippen LogP) is 3.35. The van der Waals surface area contributed by atoms with E-state index in [0.29, 0.717) is 19.5 Å². The Morgan fingerprint density at radius 1 is 1.03 bits per heavy atom. The molecule has 1 aromatic carbocycles. The molecule has 4 rings (SSSR count). The van der Waals surface area contributed by atoms with E-state index in [4.69, 9.17) is 0 Å². The van der Waals surface area contributed by atoms with Crippen LogP contribution in [0.25, 0.3) is 0 Å². The first-order valence-electron chi connectivity index (χ1n) is 10.9. The molecule has 1 aromatic heterocycles. The molecular formula is C24H30N4O2. The van der Waals surface area contributed by atoms with Crippen LogP contribution in [0.4, 0.5) is 11.5 Å². The second-order valence-electron chi connectivity index (χ2n) is 8.27. The highest BCUT2D eigenvalue weighted by Gasteiger charge is 2.26. The van der Waals surface area contributed by atoms with Crippen LogP contribution in [0.15, 0.2) is 30.5 Å². The molecule has 30 heavy (non-hydrogen) atoms. The van der Waals surface area contributed by atoms with Crippen molar-refractivity contribution in [2.24, 2.45) is 0 Å². The summed E-state index contributed by atoms with van der Waals surface area (Å²) >= 11 is 0. The number of rotatable bonds is 4. The highest BCUT2D eigenvalue weighted by Crippen LogP contribution is 2.25. The van der Waals surface area contributed by atoms with Crippen molar-refractivity contribution >= 4 is 23.3 Å². The molecule has 0 atom stereocenters. The van der Waals surface area contributed by atoms with E-state index in [1.165, 1.54) is 11.1 Å². The Labute approximate surface area is 178 Å². The van der Waals surface area contributed by atoms with Gasteiger partial charge in [0.05, 0.1) is 0 Å². The van der Waals surface area contributed by atoms with Gasteiger partial charge in [0.2, 0.25) is 5.91 Å². The number of nitrogens with zero attached hydrogens (tertiary/aromatic N) is 4. The van der Waals surface area contributed by atoms with E-state index in [9.17, 15) is 9.59 Å². The van der Waals surface area contributed by atoms with E-state index < -0.39 is 0 Å². The third-order valence-electron chi connectivity index (χ3n) is 6.21. The zero-order valence-corrected chi connectivity index (χ0v) is 18.1. The van der Waals surface area contributed by atoms with Crippen LogP contribution >= 0.6 is 0 Å². The minimum Gasteiger partial charge on any atom is -0.353 e. The van der Waals surface area contributed by atoms with Crippen LogP contribution in [0.5, 0.6) is 0 Å². The summed E-state index contributed by atoms with van der Waals surface area (Å²) in [7, 11) is 0. The number of anilines is 2. The Morgan fingerprint density at radius 2 is 1.80 bits per heavy atom. The van der Waals surface area contributed by atoms with Gasteiger partial charge in [0.15, 0.2) is 0 Å². The number of aromatic nitrogens is 1. The molecule has 0 radical (unpaired) electrons. The summed E-state index contributed by atoms with van der Waals surface area (Å²) in [6.45, 7) is 9.89. The summed E-state index contributed by atoms with van der Waals surface area (Å²) in [6, 6.07) is 7.95. The maximum Gasteiger partial charge on any atom is 0.254 e. The first kappa shape index (κ1) is 20.4. The third-order valence-corrected chi connectivity index (χ3v) is 6.21. The Hall–Kier alpha value is -2.89. The zero-order chi connectivity index (χ0) is 21.3. The highest BCUT2D eigenvalue weighted by molar-refractivity contribution is 5.98. The van der Waals surface area contributed by atoms with Gasteiger partial charge in [-0.15, -0.1) is 0 Å². The molecule has 6 nitrogen and oxygen atoms in total. The number of aryl methyl sites for hydroxylation is 3.